The molecule has 2 rings (SSSR count). The number of halogens is 3. The van der Waals surface area contributed by atoms with Gasteiger partial charge < -0.3 is 10.1 Å². The number of hydrogen-bond acceptors (Lipinski definition) is 2. The zero-order chi connectivity index (χ0) is 14.6. The van der Waals surface area contributed by atoms with Crippen LogP contribution in [0.3, 0.4) is 0 Å². The second kappa shape index (κ2) is 6.65. The molecule has 1 spiro atoms. The molecule has 0 aromatic carbocycles. The molecule has 0 radical (unpaired) electrons. The van der Waals surface area contributed by atoms with Crippen LogP contribution >= 0.6 is 0 Å². The van der Waals surface area contributed by atoms with Gasteiger partial charge in [0.2, 0.25) is 0 Å². The Hall–Kier alpha value is -0.290. The van der Waals surface area contributed by atoms with Crippen LogP contribution < -0.4 is 5.32 Å². The first-order valence-electron chi connectivity index (χ1n) is 7.83. The Kier molecular flexibility index (Phi) is 5.35. The summed E-state index contributed by atoms with van der Waals surface area (Å²) in [5.74, 6) is 0. The molecule has 118 valence electrons. The van der Waals surface area contributed by atoms with Crippen molar-refractivity contribution in [2.45, 2.75) is 76.1 Å². The minimum Gasteiger partial charge on any atom is -0.378 e. The summed E-state index contributed by atoms with van der Waals surface area (Å²) < 4.78 is 42.2. The molecule has 2 unspecified atom stereocenters. The van der Waals surface area contributed by atoms with Crippen LogP contribution in [0.2, 0.25) is 0 Å². The van der Waals surface area contributed by atoms with Gasteiger partial charge in [-0.2, -0.15) is 13.2 Å². The smallest absolute Gasteiger partial charge is 0.378 e. The van der Waals surface area contributed by atoms with E-state index >= 15 is 0 Å². The van der Waals surface area contributed by atoms with Crippen LogP contribution in [-0.2, 0) is 4.74 Å². The van der Waals surface area contributed by atoms with Crippen molar-refractivity contribution in [3.8, 4) is 0 Å². The fourth-order valence-corrected chi connectivity index (χ4v) is 3.94. The summed E-state index contributed by atoms with van der Waals surface area (Å²) in [6.07, 6.45) is 3.71. The first kappa shape index (κ1) is 16.1. The molecule has 2 fully saturated rings. The van der Waals surface area contributed by atoms with Crippen LogP contribution in [0.15, 0.2) is 0 Å². The molecule has 2 atom stereocenters. The molecular formula is C15H26F3NO. The van der Waals surface area contributed by atoms with Gasteiger partial charge in [-0.05, 0) is 32.7 Å². The van der Waals surface area contributed by atoms with Crippen molar-refractivity contribution < 1.29 is 17.9 Å². The lowest BCUT2D eigenvalue weighted by Crippen LogP contribution is -2.63. The predicted molar refractivity (Wildman–Crippen MR) is 72.6 cm³/mol. The first-order chi connectivity index (χ1) is 9.48. The second-order valence-corrected chi connectivity index (χ2v) is 6.30. The molecule has 2 aliphatic carbocycles. The molecule has 5 heteroatoms. The van der Waals surface area contributed by atoms with Crippen molar-refractivity contribution in [3.63, 3.8) is 0 Å². The number of ether oxygens (including phenoxy) is 1. The highest BCUT2D eigenvalue weighted by molar-refractivity contribution is 5.07. The monoisotopic (exact) mass is 293 g/mol. The van der Waals surface area contributed by atoms with E-state index in [9.17, 15) is 13.2 Å². The fraction of sp³-hybridized carbons (Fsp3) is 1.00. The predicted octanol–water partition coefficient (Wildman–Crippen LogP) is 4.05. The Labute approximate surface area is 119 Å². The van der Waals surface area contributed by atoms with Gasteiger partial charge in [0, 0.05) is 24.5 Å². The van der Waals surface area contributed by atoms with Gasteiger partial charge in [0.15, 0.2) is 0 Å². The molecule has 0 saturated heterocycles. The largest absolute Gasteiger partial charge is 0.389 e. The maximum absolute atomic E-state index is 12.1. The van der Waals surface area contributed by atoms with Crippen LogP contribution in [0.1, 0.15) is 57.8 Å². The van der Waals surface area contributed by atoms with Gasteiger partial charge in [-0.1, -0.05) is 25.7 Å². The topological polar surface area (TPSA) is 21.3 Å². The summed E-state index contributed by atoms with van der Waals surface area (Å²) in [6, 6.07) is 0.480. The van der Waals surface area contributed by atoms with E-state index in [1.807, 2.05) is 7.05 Å². The van der Waals surface area contributed by atoms with E-state index in [0.29, 0.717) is 6.04 Å². The molecule has 0 heterocycles. The molecular weight excluding hydrogens is 267 g/mol. The minimum absolute atomic E-state index is 0.0836. The maximum atomic E-state index is 12.1. The molecule has 0 aliphatic heterocycles. The normalized spacial score (nSPS) is 30.0. The lowest BCUT2D eigenvalue weighted by atomic mass is 9.58. The zero-order valence-corrected chi connectivity index (χ0v) is 12.3. The van der Waals surface area contributed by atoms with Crippen LogP contribution in [-0.4, -0.2) is 32.0 Å². The SMILES string of the molecule is CNC1CC(OCCCC(F)(F)F)C12CCCCCC2. The lowest BCUT2D eigenvalue weighted by Gasteiger charge is -2.56. The third-order valence-corrected chi connectivity index (χ3v) is 5.09. The van der Waals surface area contributed by atoms with Crippen molar-refractivity contribution in [1.82, 2.24) is 5.32 Å². The summed E-state index contributed by atoms with van der Waals surface area (Å²) >= 11 is 0. The first-order valence-corrected chi connectivity index (χ1v) is 7.83. The van der Waals surface area contributed by atoms with E-state index in [1.165, 1.54) is 25.7 Å². The summed E-state index contributed by atoms with van der Waals surface area (Å²) in [4.78, 5) is 0. The van der Waals surface area contributed by atoms with Crippen molar-refractivity contribution in [2.75, 3.05) is 13.7 Å². The quantitative estimate of drug-likeness (QED) is 0.772. The molecule has 2 saturated carbocycles. The van der Waals surface area contributed by atoms with Gasteiger partial charge >= 0.3 is 6.18 Å². The Morgan fingerprint density at radius 3 is 2.35 bits per heavy atom. The molecule has 0 bridgehead atoms. The van der Waals surface area contributed by atoms with Crippen LogP contribution in [0, 0.1) is 5.41 Å². The Morgan fingerprint density at radius 2 is 1.80 bits per heavy atom. The van der Waals surface area contributed by atoms with Gasteiger partial charge in [0.25, 0.3) is 0 Å². The average Bonchev–Trinajstić information content (AvgIpc) is 2.63. The van der Waals surface area contributed by atoms with E-state index in [0.717, 1.165) is 19.3 Å². The van der Waals surface area contributed by atoms with E-state index < -0.39 is 12.6 Å². The third kappa shape index (κ3) is 3.67. The maximum Gasteiger partial charge on any atom is 0.389 e. The van der Waals surface area contributed by atoms with Crippen LogP contribution in [0.5, 0.6) is 0 Å². The molecule has 1 N–H and O–H groups in total. The highest BCUT2D eigenvalue weighted by Gasteiger charge is 2.54. The Bertz CT molecular complexity index is 298. The van der Waals surface area contributed by atoms with Crippen LogP contribution in [0.25, 0.3) is 0 Å². The van der Waals surface area contributed by atoms with Gasteiger partial charge in [-0.3, -0.25) is 0 Å². The van der Waals surface area contributed by atoms with E-state index in [2.05, 4.69) is 5.32 Å². The highest BCUT2D eigenvalue weighted by atomic mass is 19.4. The summed E-state index contributed by atoms with van der Waals surface area (Å²) in [5, 5.41) is 3.37. The van der Waals surface area contributed by atoms with Gasteiger partial charge in [0.05, 0.1) is 6.10 Å². The van der Waals surface area contributed by atoms with Gasteiger partial charge in [-0.25, -0.2) is 0 Å². The average molecular weight is 293 g/mol. The number of alkyl halides is 3. The van der Waals surface area contributed by atoms with Crippen molar-refractivity contribution in [3.05, 3.63) is 0 Å². The number of rotatable bonds is 5. The minimum atomic E-state index is -4.06. The third-order valence-electron chi connectivity index (χ3n) is 5.09. The molecule has 0 aromatic rings. The summed E-state index contributed by atoms with van der Waals surface area (Å²) in [5.41, 5.74) is 0.184. The lowest BCUT2D eigenvalue weighted by molar-refractivity contribution is -0.158. The van der Waals surface area contributed by atoms with Crippen molar-refractivity contribution >= 4 is 0 Å². The Balaban J connectivity index is 1.81. The van der Waals surface area contributed by atoms with Gasteiger partial charge in [0.1, 0.15) is 0 Å². The van der Waals surface area contributed by atoms with Crippen LogP contribution in [0.4, 0.5) is 13.2 Å². The molecule has 0 aromatic heterocycles. The van der Waals surface area contributed by atoms with E-state index in [4.69, 9.17) is 4.74 Å². The van der Waals surface area contributed by atoms with E-state index in [-0.39, 0.29) is 24.5 Å². The highest BCUT2D eigenvalue weighted by Crippen LogP contribution is 2.52. The van der Waals surface area contributed by atoms with Gasteiger partial charge in [-0.15, -0.1) is 0 Å². The second-order valence-electron chi connectivity index (χ2n) is 6.30. The van der Waals surface area contributed by atoms with E-state index in [1.54, 1.807) is 0 Å². The standard InChI is InChI=1S/C15H26F3NO/c1-19-12-11-13(20-10-6-9-15(16,17)18)14(12)7-4-2-3-5-8-14/h12-13,19H,2-11H2,1H3. The molecule has 2 aliphatic rings. The van der Waals surface area contributed by atoms with Crippen molar-refractivity contribution in [2.24, 2.45) is 5.41 Å². The number of nitrogens with one attached hydrogen (secondary N) is 1. The Morgan fingerprint density at radius 1 is 1.15 bits per heavy atom. The molecule has 0 amide bonds. The zero-order valence-electron chi connectivity index (χ0n) is 12.3. The summed E-state index contributed by atoms with van der Waals surface area (Å²) in [6.45, 7) is 0.238. The number of hydrogen-bond donors (Lipinski definition) is 1. The molecule has 20 heavy (non-hydrogen) atoms. The fourth-order valence-electron chi connectivity index (χ4n) is 3.94. The summed E-state index contributed by atoms with van der Waals surface area (Å²) in [7, 11) is 1.98. The molecule has 2 nitrogen and oxygen atoms in total. The van der Waals surface area contributed by atoms with Crippen molar-refractivity contribution in [1.29, 1.82) is 0 Å².